The third-order valence-corrected chi connectivity index (χ3v) is 3.58. The maximum Gasteiger partial charge on any atom is 0.263 e. The number of amides is 1. The molecule has 0 aliphatic carbocycles. The van der Waals surface area contributed by atoms with Crippen LogP contribution in [0.5, 0.6) is 0 Å². The highest BCUT2D eigenvalue weighted by atomic mass is 32.1. The fourth-order valence-electron chi connectivity index (χ4n) is 1.56. The van der Waals surface area contributed by atoms with Gasteiger partial charge in [-0.05, 0) is 26.1 Å². The number of halogens is 2. The highest BCUT2D eigenvalue weighted by molar-refractivity contribution is 7.14. The van der Waals surface area contributed by atoms with Gasteiger partial charge < -0.3 is 5.32 Å². The number of anilines is 1. The summed E-state index contributed by atoms with van der Waals surface area (Å²) >= 11 is 1.20. The van der Waals surface area contributed by atoms with Crippen molar-refractivity contribution < 1.29 is 13.6 Å². The molecular formula is C13H13F2N3OS. The maximum atomic E-state index is 13.5. The molecule has 2 aromatic rings. The van der Waals surface area contributed by atoms with E-state index in [0.717, 1.165) is 17.8 Å². The van der Waals surface area contributed by atoms with E-state index in [1.54, 1.807) is 12.4 Å². The lowest BCUT2D eigenvalue weighted by molar-refractivity contribution is 0.101. The third kappa shape index (κ3) is 3.00. The zero-order valence-electron chi connectivity index (χ0n) is 10.9. The zero-order chi connectivity index (χ0) is 14.7. The van der Waals surface area contributed by atoms with Gasteiger partial charge in [0.25, 0.3) is 5.91 Å². The summed E-state index contributed by atoms with van der Waals surface area (Å²) in [5.74, 6) is -2.65. The molecule has 1 aromatic heterocycles. The summed E-state index contributed by atoms with van der Waals surface area (Å²) in [4.78, 5) is 16.0. The fraction of sp³-hybridized carbons (Fsp3) is 0.231. The molecule has 0 aliphatic rings. The minimum Gasteiger partial charge on any atom is -0.312 e. The van der Waals surface area contributed by atoms with Crippen LogP contribution >= 0.6 is 11.3 Å². The SMILES string of the molecule is CNC(C)c1csc(NC(=O)c2c(F)cccc2F)n1. The van der Waals surface area contributed by atoms with E-state index in [-0.39, 0.29) is 6.04 Å². The Labute approximate surface area is 118 Å². The van der Waals surface area contributed by atoms with Crippen molar-refractivity contribution in [3.8, 4) is 0 Å². The Hall–Kier alpha value is -1.86. The van der Waals surface area contributed by atoms with Crippen LogP contribution in [-0.2, 0) is 0 Å². The number of benzene rings is 1. The van der Waals surface area contributed by atoms with Crippen LogP contribution in [0.4, 0.5) is 13.9 Å². The third-order valence-electron chi connectivity index (χ3n) is 2.81. The van der Waals surface area contributed by atoms with E-state index in [4.69, 9.17) is 0 Å². The standard InChI is InChI=1S/C13H13F2N3OS/c1-7(16-2)10-6-20-13(17-10)18-12(19)11-8(14)4-3-5-9(11)15/h3-7,16H,1-2H3,(H,17,18,19). The Balaban J connectivity index is 2.18. The second kappa shape index (κ2) is 6.06. The zero-order valence-corrected chi connectivity index (χ0v) is 11.7. The van der Waals surface area contributed by atoms with Crippen molar-refractivity contribution in [1.29, 1.82) is 0 Å². The predicted molar refractivity (Wildman–Crippen MR) is 73.9 cm³/mol. The number of hydrogen-bond donors (Lipinski definition) is 2. The van der Waals surface area contributed by atoms with Gasteiger partial charge in [0.05, 0.1) is 5.69 Å². The number of nitrogens with zero attached hydrogens (tertiary/aromatic N) is 1. The molecule has 1 aromatic carbocycles. The first kappa shape index (κ1) is 14.5. The van der Waals surface area contributed by atoms with E-state index in [1.807, 2.05) is 6.92 Å². The van der Waals surface area contributed by atoms with Gasteiger partial charge in [0, 0.05) is 11.4 Å². The number of rotatable bonds is 4. The number of carbonyl (C=O) groups is 1. The summed E-state index contributed by atoms with van der Waals surface area (Å²) in [6.07, 6.45) is 0. The smallest absolute Gasteiger partial charge is 0.263 e. The normalized spacial score (nSPS) is 12.2. The van der Waals surface area contributed by atoms with Gasteiger partial charge in [0.15, 0.2) is 5.13 Å². The van der Waals surface area contributed by atoms with Gasteiger partial charge >= 0.3 is 0 Å². The van der Waals surface area contributed by atoms with Gasteiger partial charge in [-0.2, -0.15) is 0 Å². The molecule has 0 radical (unpaired) electrons. The minimum atomic E-state index is -0.900. The van der Waals surface area contributed by atoms with Crippen molar-refractivity contribution in [3.05, 3.63) is 46.5 Å². The van der Waals surface area contributed by atoms with Crippen LogP contribution < -0.4 is 10.6 Å². The van der Waals surface area contributed by atoms with Crippen molar-refractivity contribution in [1.82, 2.24) is 10.3 Å². The number of nitrogens with one attached hydrogen (secondary N) is 2. The molecular weight excluding hydrogens is 284 g/mol. The molecule has 0 saturated carbocycles. The van der Waals surface area contributed by atoms with Crippen molar-refractivity contribution >= 4 is 22.4 Å². The van der Waals surface area contributed by atoms with E-state index in [1.165, 1.54) is 17.4 Å². The van der Waals surface area contributed by atoms with Crippen molar-refractivity contribution in [2.45, 2.75) is 13.0 Å². The quantitative estimate of drug-likeness (QED) is 0.912. The van der Waals surface area contributed by atoms with Gasteiger partial charge in [0.2, 0.25) is 0 Å². The number of thiazole rings is 1. The van der Waals surface area contributed by atoms with Crippen LogP contribution in [0, 0.1) is 11.6 Å². The average Bonchev–Trinajstić information content (AvgIpc) is 2.86. The largest absolute Gasteiger partial charge is 0.312 e. The maximum absolute atomic E-state index is 13.5. The van der Waals surface area contributed by atoms with Crippen molar-refractivity contribution in [3.63, 3.8) is 0 Å². The van der Waals surface area contributed by atoms with Gasteiger partial charge in [-0.1, -0.05) is 6.07 Å². The fourth-order valence-corrected chi connectivity index (χ4v) is 2.36. The Morgan fingerprint density at radius 1 is 1.35 bits per heavy atom. The van der Waals surface area contributed by atoms with Crippen LogP contribution in [0.15, 0.2) is 23.6 Å². The molecule has 0 spiro atoms. The Morgan fingerprint density at radius 2 is 2.00 bits per heavy atom. The lowest BCUT2D eigenvalue weighted by Gasteiger charge is -2.06. The molecule has 1 heterocycles. The molecule has 1 unspecified atom stereocenters. The van der Waals surface area contributed by atoms with Crippen LogP contribution in [0.2, 0.25) is 0 Å². The molecule has 20 heavy (non-hydrogen) atoms. The number of hydrogen-bond acceptors (Lipinski definition) is 4. The molecule has 0 aliphatic heterocycles. The second-order valence-corrected chi connectivity index (χ2v) is 5.00. The Kier molecular flexibility index (Phi) is 4.41. The molecule has 0 saturated heterocycles. The summed E-state index contributed by atoms with van der Waals surface area (Å²) in [7, 11) is 1.79. The first-order valence-electron chi connectivity index (χ1n) is 5.91. The molecule has 1 atom stereocenters. The molecule has 2 rings (SSSR count). The van der Waals surface area contributed by atoms with Gasteiger partial charge in [-0.15, -0.1) is 11.3 Å². The molecule has 0 fully saturated rings. The monoisotopic (exact) mass is 297 g/mol. The summed E-state index contributed by atoms with van der Waals surface area (Å²) in [5.41, 5.74) is 0.146. The highest BCUT2D eigenvalue weighted by Gasteiger charge is 2.18. The van der Waals surface area contributed by atoms with Gasteiger partial charge in [0.1, 0.15) is 17.2 Å². The average molecular weight is 297 g/mol. The van der Waals surface area contributed by atoms with Crippen molar-refractivity contribution in [2.24, 2.45) is 0 Å². The van der Waals surface area contributed by atoms with Crippen LogP contribution in [0.25, 0.3) is 0 Å². The topological polar surface area (TPSA) is 54.0 Å². The predicted octanol–water partition coefficient (Wildman–Crippen LogP) is 2.95. The minimum absolute atomic E-state index is 0.0297. The van der Waals surface area contributed by atoms with Gasteiger partial charge in [-0.3, -0.25) is 10.1 Å². The first-order valence-corrected chi connectivity index (χ1v) is 6.79. The van der Waals surface area contributed by atoms with Gasteiger partial charge in [-0.25, -0.2) is 13.8 Å². The van der Waals surface area contributed by atoms with Crippen LogP contribution in [0.3, 0.4) is 0 Å². The van der Waals surface area contributed by atoms with E-state index in [9.17, 15) is 13.6 Å². The number of carbonyl (C=O) groups excluding carboxylic acids is 1. The number of aromatic nitrogens is 1. The highest BCUT2D eigenvalue weighted by Crippen LogP contribution is 2.21. The summed E-state index contributed by atoms with van der Waals surface area (Å²) in [6.45, 7) is 1.91. The van der Waals surface area contributed by atoms with E-state index in [2.05, 4.69) is 15.6 Å². The lowest BCUT2D eigenvalue weighted by atomic mass is 10.2. The second-order valence-electron chi connectivity index (χ2n) is 4.14. The summed E-state index contributed by atoms with van der Waals surface area (Å²) < 4.78 is 26.9. The summed E-state index contributed by atoms with van der Waals surface area (Å²) in [6, 6.07) is 3.31. The molecule has 106 valence electrons. The van der Waals surface area contributed by atoms with Crippen LogP contribution in [0.1, 0.15) is 29.0 Å². The molecule has 0 bridgehead atoms. The van der Waals surface area contributed by atoms with E-state index >= 15 is 0 Å². The molecule has 1 amide bonds. The molecule has 2 N–H and O–H groups in total. The Morgan fingerprint density at radius 3 is 2.60 bits per heavy atom. The van der Waals surface area contributed by atoms with Crippen LogP contribution in [-0.4, -0.2) is 17.9 Å². The van der Waals surface area contributed by atoms with E-state index < -0.39 is 23.1 Å². The molecule has 4 nitrogen and oxygen atoms in total. The summed E-state index contributed by atoms with van der Waals surface area (Å²) in [5, 5.41) is 7.48. The first-order chi connectivity index (χ1) is 9.52. The molecule has 7 heteroatoms. The lowest BCUT2D eigenvalue weighted by Crippen LogP contribution is -2.16. The Bertz CT molecular complexity index is 610. The van der Waals surface area contributed by atoms with E-state index in [0.29, 0.717) is 5.13 Å². The van der Waals surface area contributed by atoms with Crippen molar-refractivity contribution in [2.75, 3.05) is 12.4 Å².